The van der Waals surface area contributed by atoms with Gasteiger partial charge in [-0.15, -0.1) is 0 Å². The van der Waals surface area contributed by atoms with Gasteiger partial charge in [-0.2, -0.15) is 4.72 Å². The maximum atomic E-state index is 12.1. The van der Waals surface area contributed by atoms with Crippen LogP contribution in [0.3, 0.4) is 0 Å². The lowest BCUT2D eigenvalue weighted by molar-refractivity contribution is -0.140. The number of carboxylic acids is 1. The Morgan fingerprint density at radius 1 is 1.45 bits per heavy atom. The Morgan fingerprint density at radius 2 is 2.05 bits per heavy atom. The summed E-state index contributed by atoms with van der Waals surface area (Å²) in [6, 6.07) is 2.59. The maximum Gasteiger partial charge on any atom is 0.322 e. The van der Waals surface area contributed by atoms with Gasteiger partial charge in [0.1, 0.15) is 6.04 Å². The van der Waals surface area contributed by atoms with E-state index in [0.29, 0.717) is 0 Å². The van der Waals surface area contributed by atoms with Crippen molar-refractivity contribution in [3.63, 3.8) is 0 Å². The Bertz CT molecular complexity index is 644. The molecule has 9 heteroatoms. The second kappa shape index (κ2) is 6.21. The van der Waals surface area contributed by atoms with Crippen molar-refractivity contribution in [3.8, 4) is 0 Å². The minimum absolute atomic E-state index is 0.152. The second-order valence-corrected chi connectivity index (χ2v) is 6.14. The van der Waals surface area contributed by atoms with Gasteiger partial charge in [-0.3, -0.25) is 9.59 Å². The average Bonchev–Trinajstić information content (AvgIpc) is 2.30. The molecular formula is C11H13ClN2O5S. The Labute approximate surface area is 120 Å². The van der Waals surface area contributed by atoms with E-state index in [1.54, 1.807) is 0 Å². The van der Waals surface area contributed by atoms with E-state index in [1.807, 2.05) is 4.72 Å². The molecule has 0 heterocycles. The molecule has 1 atom stereocenters. The Kier molecular flexibility index (Phi) is 5.09. The quantitative estimate of drug-likeness (QED) is 0.692. The molecule has 1 aromatic carbocycles. The molecule has 0 spiro atoms. The number of aliphatic carboxylic acids is 1. The van der Waals surface area contributed by atoms with Crippen molar-refractivity contribution < 1.29 is 23.1 Å². The fourth-order valence-electron chi connectivity index (χ4n) is 1.51. The highest BCUT2D eigenvalue weighted by molar-refractivity contribution is 7.89. The lowest BCUT2D eigenvalue weighted by atomic mass is 10.2. The molecule has 0 unspecified atom stereocenters. The van der Waals surface area contributed by atoms with Gasteiger partial charge in [0.05, 0.1) is 11.3 Å². The largest absolute Gasteiger partial charge is 0.480 e. The summed E-state index contributed by atoms with van der Waals surface area (Å²) in [7, 11) is -4.13. The van der Waals surface area contributed by atoms with Gasteiger partial charge >= 0.3 is 5.97 Å². The van der Waals surface area contributed by atoms with E-state index in [9.17, 15) is 18.0 Å². The number of halogens is 1. The number of rotatable bonds is 6. The predicted molar refractivity (Wildman–Crippen MR) is 71.7 cm³/mol. The summed E-state index contributed by atoms with van der Waals surface area (Å²) in [5, 5.41) is 9.13. The number of hydrogen-bond donors (Lipinski definition) is 3. The Morgan fingerprint density at radius 3 is 2.55 bits per heavy atom. The second-order valence-electron chi connectivity index (χ2n) is 4.05. The van der Waals surface area contributed by atoms with Crippen LogP contribution in [0.1, 0.15) is 12.0 Å². The first-order valence-electron chi connectivity index (χ1n) is 5.43. The number of hydrogen-bond acceptors (Lipinski definition) is 4. The van der Waals surface area contributed by atoms with Crippen molar-refractivity contribution in [2.75, 3.05) is 0 Å². The molecule has 0 saturated carbocycles. The smallest absolute Gasteiger partial charge is 0.322 e. The number of benzene rings is 1. The van der Waals surface area contributed by atoms with Crippen LogP contribution in [0.5, 0.6) is 0 Å². The SMILES string of the molecule is Cc1c(Cl)cccc1S(=O)(=O)N[C@@H](CC(N)=O)C(=O)O. The highest BCUT2D eigenvalue weighted by atomic mass is 35.5. The molecule has 1 rings (SSSR count). The van der Waals surface area contributed by atoms with Crippen LogP contribution in [-0.4, -0.2) is 31.4 Å². The lowest BCUT2D eigenvalue weighted by Gasteiger charge is -2.15. The molecule has 4 N–H and O–H groups in total. The summed E-state index contributed by atoms with van der Waals surface area (Å²) in [6.45, 7) is 1.49. The monoisotopic (exact) mass is 320 g/mol. The van der Waals surface area contributed by atoms with E-state index >= 15 is 0 Å². The van der Waals surface area contributed by atoms with Crippen LogP contribution in [0.4, 0.5) is 0 Å². The molecule has 110 valence electrons. The molecule has 7 nitrogen and oxygen atoms in total. The zero-order valence-electron chi connectivity index (χ0n) is 10.5. The normalized spacial score (nSPS) is 12.9. The molecule has 0 aromatic heterocycles. The fraction of sp³-hybridized carbons (Fsp3) is 0.273. The van der Waals surface area contributed by atoms with Gasteiger partial charge in [0.2, 0.25) is 15.9 Å². The van der Waals surface area contributed by atoms with Gasteiger partial charge in [0.25, 0.3) is 0 Å². The lowest BCUT2D eigenvalue weighted by Crippen LogP contribution is -2.43. The van der Waals surface area contributed by atoms with Gasteiger partial charge < -0.3 is 10.8 Å². The molecule has 1 aromatic rings. The Balaban J connectivity index is 3.13. The first kappa shape index (κ1) is 16.4. The van der Waals surface area contributed by atoms with E-state index in [2.05, 4.69) is 0 Å². The van der Waals surface area contributed by atoms with E-state index in [1.165, 1.54) is 25.1 Å². The van der Waals surface area contributed by atoms with Crippen molar-refractivity contribution in [3.05, 3.63) is 28.8 Å². The van der Waals surface area contributed by atoms with Crippen LogP contribution in [0, 0.1) is 6.92 Å². The molecule has 0 saturated heterocycles. The van der Waals surface area contributed by atoms with Gasteiger partial charge in [0.15, 0.2) is 0 Å². The number of primary amides is 1. The maximum absolute atomic E-state index is 12.1. The molecule has 0 radical (unpaired) electrons. The third-order valence-corrected chi connectivity index (χ3v) is 4.53. The molecule has 20 heavy (non-hydrogen) atoms. The van der Waals surface area contributed by atoms with Crippen LogP contribution in [0.2, 0.25) is 5.02 Å². The standard InChI is InChI=1S/C11H13ClN2O5S/c1-6-7(12)3-2-4-9(6)20(18,19)14-8(11(16)17)5-10(13)15/h2-4,8,14H,5H2,1H3,(H2,13,15)(H,16,17)/t8-/m0/s1. The number of carbonyl (C=O) groups is 2. The third kappa shape index (κ3) is 3.92. The number of nitrogens with two attached hydrogens (primary N) is 1. The van der Waals surface area contributed by atoms with Crippen molar-refractivity contribution in [1.82, 2.24) is 4.72 Å². The minimum atomic E-state index is -4.13. The summed E-state index contributed by atoms with van der Waals surface area (Å²) < 4.78 is 26.2. The molecule has 0 aliphatic carbocycles. The zero-order valence-corrected chi connectivity index (χ0v) is 12.0. The molecule has 1 amide bonds. The van der Waals surface area contributed by atoms with Crippen molar-refractivity contribution in [1.29, 1.82) is 0 Å². The first-order chi connectivity index (χ1) is 9.15. The van der Waals surface area contributed by atoms with Crippen LogP contribution in [0.25, 0.3) is 0 Å². The van der Waals surface area contributed by atoms with E-state index < -0.39 is 34.4 Å². The zero-order chi connectivity index (χ0) is 15.5. The number of sulfonamides is 1. The summed E-state index contributed by atoms with van der Waals surface area (Å²) >= 11 is 5.82. The average molecular weight is 321 g/mol. The van der Waals surface area contributed by atoms with Crippen molar-refractivity contribution >= 4 is 33.5 Å². The van der Waals surface area contributed by atoms with Crippen LogP contribution in [-0.2, 0) is 19.6 Å². The van der Waals surface area contributed by atoms with E-state index in [-0.39, 0.29) is 15.5 Å². The predicted octanol–water partition coefficient (Wildman–Crippen LogP) is 0.255. The van der Waals surface area contributed by atoms with Crippen molar-refractivity contribution in [2.24, 2.45) is 5.73 Å². The first-order valence-corrected chi connectivity index (χ1v) is 7.30. The molecular weight excluding hydrogens is 308 g/mol. The number of amides is 1. The van der Waals surface area contributed by atoms with Gasteiger partial charge in [-0.25, -0.2) is 8.42 Å². The summed E-state index contributed by atoms with van der Waals surface area (Å²) in [4.78, 5) is 21.5. The summed E-state index contributed by atoms with van der Waals surface area (Å²) in [5.41, 5.74) is 5.17. The van der Waals surface area contributed by atoms with Crippen LogP contribution < -0.4 is 10.5 Å². The summed E-state index contributed by atoms with van der Waals surface area (Å²) in [5.74, 6) is -2.42. The number of carbonyl (C=O) groups excluding carboxylic acids is 1. The fourth-order valence-corrected chi connectivity index (χ4v) is 3.20. The molecule has 0 aliphatic heterocycles. The van der Waals surface area contributed by atoms with Crippen LogP contribution in [0.15, 0.2) is 23.1 Å². The third-order valence-electron chi connectivity index (χ3n) is 2.51. The highest BCUT2D eigenvalue weighted by Crippen LogP contribution is 2.22. The van der Waals surface area contributed by atoms with Gasteiger partial charge in [-0.05, 0) is 24.6 Å². The topological polar surface area (TPSA) is 127 Å². The van der Waals surface area contributed by atoms with Gasteiger partial charge in [0, 0.05) is 5.02 Å². The highest BCUT2D eigenvalue weighted by Gasteiger charge is 2.28. The van der Waals surface area contributed by atoms with Crippen molar-refractivity contribution in [2.45, 2.75) is 24.3 Å². The van der Waals surface area contributed by atoms with E-state index in [4.69, 9.17) is 22.4 Å². The molecule has 0 bridgehead atoms. The minimum Gasteiger partial charge on any atom is -0.480 e. The summed E-state index contributed by atoms with van der Waals surface area (Å²) in [6.07, 6.45) is -0.645. The Hall–Kier alpha value is -1.64. The van der Waals surface area contributed by atoms with Crippen LogP contribution >= 0.6 is 11.6 Å². The van der Waals surface area contributed by atoms with Gasteiger partial charge in [-0.1, -0.05) is 17.7 Å². The number of nitrogens with one attached hydrogen (secondary N) is 1. The molecule has 0 fully saturated rings. The molecule has 0 aliphatic rings. The van der Waals surface area contributed by atoms with E-state index in [0.717, 1.165) is 0 Å². The number of carboxylic acid groups (broad SMARTS) is 1.